The minimum absolute atomic E-state index is 0.198. The first-order valence-corrected chi connectivity index (χ1v) is 10.9. The molecule has 0 saturated carbocycles. The van der Waals surface area contributed by atoms with Crippen molar-refractivity contribution in [2.24, 2.45) is 0 Å². The van der Waals surface area contributed by atoms with Gasteiger partial charge in [-0.15, -0.1) is 0 Å². The Bertz CT molecular complexity index is 1230. The van der Waals surface area contributed by atoms with E-state index < -0.39 is 0 Å². The van der Waals surface area contributed by atoms with Crippen molar-refractivity contribution < 1.29 is 9.13 Å². The zero-order valence-corrected chi connectivity index (χ0v) is 17.9. The Balaban J connectivity index is 1.33. The molecule has 0 spiro atoms. The smallest absolute Gasteiger partial charge is 0.229 e. The van der Waals surface area contributed by atoms with Crippen LogP contribution < -0.4 is 10.6 Å². The molecule has 1 aromatic carbocycles. The van der Waals surface area contributed by atoms with Crippen LogP contribution in [0.4, 0.5) is 27.5 Å². The van der Waals surface area contributed by atoms with Crippen LogP contribution in [0.1, 0.15) is 24.3 Å². The minimum Gasteiger partial charge on any atom is -0.381 e. The van der Waals surface area contributed by atoms with Gasteiger partial charge in [-0.2, -0.15) is 4.98 Å². The fraction of sp³-hybridized carbons (Fsp3) is 0.200. The van der Waals surface area contributed by atoms with Crippen molar-refractivity contribution in [1.29, 1.82) is 0 Å². The molecule has 0 bridgehead atoms. The van der Waals surface area contributed by atoms with E-state index in [1.54, 1.807) is 24.7 Å². The van der Waals surface area contributed by atoms with E-state index in [1.165, 1.54) is 6.07 Å². The second-order valence-electron chi connectivity index (χ2n) is 7.75. The molecular weight excluding hydrogens is 419 g/mol. The molecule has 4 aromatic rings. The fourth-order valence-electron chi connectivity index (χ4n) is 3.91. The molecule has 0 atom stereocenters. The van der Waals surface area contributed by atoms with E-state index in [-0.39, 0.29) is 11.7 Å². The van der Waals surface area contributed by atoms with Crippen molar-refractivity contribution in [3.05, 3.63) is 84.6 Å². The van der Waals surface area contributed by atoms with Crippen molar-refractivity contribution in [1.82, 2.24) is 19.9 Å². The number of rotatable bonds is 6. The first-order valence-electron chi connectivity index (χ1n) is 10.9. The first kappa shape index (κ1) is 21.0. The van der Waals surface area contributed by atoms with E-state index in [2.05, 4.69) is 30.6 Å². The third-order valence-corrected chi connectivity index (χ3v) is 5.55. The van der Waals surface area contributed by atoms with Gasteiger partial charge < -0.3 is 15.4 Å². The second-order valence-corrected chi connectivity index (χ2v) is 7.75. The maximum atomic E-state index is 14.8. The standard InChI is InChI=1S/C25H23FN6O/c26-20-16-18(6-7-19(20)17-9-14-33-15-10-17)30-25-29-13-8-23(32-25)31-22-5-3-12-28-24(22)21-4-1-2-11-27-21/h1-8,11-13,16-17H,9-10,14-15H2,(H2,29,30,31,32). The van der Waals surface area contributed by atoms with E-state index in [0.29, 0.717) is 30.7 Å². The Morgan fingerprint density at radius 1 is 0.848 bits per heavy atom. The largest absolute Gasteiger partial charge is 0.381 e. The molecule has 1 aliphatic heterocycles. The van der Waals surface area contributed by atoms with Crippen molar-refractivity contribution >= 4 is 23.1 Å². The molecule has 8 heteroatoms. The predicted octanol–water partition coefficient (Wildman–Crippen LogP) is 5.45. The Morgan fingerprint density at radius 2 is 1.73 bits per heavy atom. The topological polar surface area (TPSA) is 84.9 Å². The number of nitrogens with one attached hydrogen (secondary N) is 2. The van der Waals surface area contributed by atoms with Gasteiger partial charge in [-0.3, -0.25) is 9.97 Å². The molecule has 1 aliphatic rings. The lowest BCUT2D eigenvalue weighted by Crippen LogP contribution is -2.15. The molecule has 2 N–H and O–H groups in total. The van der Waals surface area contributed by atoms with E-state index in [1.807, 2.05) is 42.5 Å². The lowest BCUT2D eigenvalue weighted by atomic mass is 9.91. The van der Waals surface area contributed by atoms with Gasteiger partial charge in [0.15, 0.2) is 0 Å². The highest BCUT2D eigenvalue weighted by Gasteiger charge is 2.19. The van der Waals surface area contributed by atoms with Gasteiger partial charge in [0.25, 0.3) is 0 Å². The summed E-state index contributed by atoms with van der Waals surface area (Å²) in [6, 6.07) is 16.4. The SMILES string of the molecule is Fc1cc(Nc2nccc(Nc3cccnc3-c3ccccn3)n2)ccc1C1CCOCC1. The fourth-order valence-corrected chi connectivity index (χ4v) is 3.91. The number of anilines is 4. The van der Waals surface area contributed by atoms with Crippen LogP contribution >= 0.6 is 0 Å². The molecule has 0 amide bonds. The Kier molecular flexibility index (Phi) is 6.16. The third-order valence-electron chi connectivity index (χ3n) is 5.55. The number of aromatic nitrogens is 4. The summed E-state index contributed by atoms with van der Waals surface area (Å²) in [6.45, 7) is 1.35. The third kappa shape index (κ3) is 4.96. The summed E-state index contributed by atoms with van der Waals surface area (Å²) in [7, 11) is 0. The van der Waals surface area contributed by atoms with Crippen LogP contribution in [0.2, 0.25) is 0 Å². The van der Waals surface area contributed by atoms with Crippen molar-refractivity contribution in [2.45, 2.75) is 18.8 Å². The molecule has 3 aromatic heterocycles. The number of halogens is 1. The van der Waals surface area contributed by atoms with Crippen molar-refractivity contribution in [3.63, 3.8) is 0 Å². The maximum absolute atomic E-state index is 14.8. The van der Waals surface area contributed by atoms with Crippen LogP contribution in [0.15, 0.2) is 73.2 Å². The molecule has 5 rings (SSSR count). The van der Waals surface area contributed by atoms with Gasteiger partial charge >= 0.3 is 0 Å². The highest BCUT2D eigenvalue weighted by molar-refractivity contribution is 5.75. The maximum Gasteiger partial charge on any atom is 0.229 e. The zero-order chi connectivity index (χ0) is 22.5. The summed E-state index contributed by atoms with van der Waals surface area (Å²) in [4.78, 5) is 17.6. The average Bonchev–Trinajstić information content (AvgIpc) is 2.86. The van der Waals surface area contributed by atoms with Gasteiger partial charge in [-0.1, -0.05) is 12.1 Å². The van der Waals surface area contributed by atoms with E-state index in [4.69, 9.17) is 4.74 Å². The zero-order valence-electron chi connectivity index (χ0n) is 17.9. The van der Waals surface area contributed by atoms with Crippen LogP contribution in [0.3, 0.4) is 0 Å². The molecular formula is C25H23FN6O. The van der Waals surface area contributed by atoms with Crippen LogP contribution in [-0.2, 0) is 4.74 Å². The molecule has 4 heterocycles. The molecule has 33 heavy (non-hydrogen) atoms. The summed E-state index contributed by atoms with van der Waals surface area (Å²) in [5.41, 5.74) is 3.58. The van der Waals surface area contributed by atoms with Gasteiger partial charge in [-0.05, 0) is 66.8 Å². The minimum atomic E-state index is -0.225. The first-order chi connectivity index (χ1) is 16.3. The number of ether oxygens (including phenoxy) is 1. The summed E-state index contributed by atoms with van der Waals surface area (Å²) in [5.74, 6) is 0.916. The number of hydrogen-bond donors (Lipinski definition) is 2. The van der Waals surface area contributed by atoms with Crippen LogP contribution in [0, 0.1) is 5.82 Å². The monoisotopic (exact) mass is 442 g/mol. The molecule has 1 fully saturated rings. The second kappa shape index (κ2) is 9.70. The van der Waals surface area contributed by atoms with Gasteiger partial charge in [-0.25, -0.2) is 9.37 Å². The number of benzene rings is 1. The molecule has 166 valence electrons. The normalized spacial score (nSPS) is 14.1. The Morgan fingerprint density at radius 3 is 2.55 bits per heavy atom. The molecule has 0 radical (unpaired) electrons. The Hall–Kier alpha value is -3.91. The quantitative estimate of drug-likeness (QED) is 0.410. The van der Waals surface area contributed by atoms with Crippen molar-refractivity contribution in [3.8, 4) is 11.4 Å². The summed E-state index contributed by atoms with van der Waals surface area (Å²) in [5, 5.41) is 6.37. The molecule has 1 saturated heterocycles. The lowest BCUT2D eigenvalue weighted by molar-refractivity contribution is 0.0846. The van der Waals surface area contributed by atoms with Gasteiger partial charge in [0.1, 0.15) is 17.3 Å². The molecule has 7 nitrogen and oxygen atoms in total. The van der Waals surface area contributed by atoms with Crippen LogP contribution in [-0.4, -0.2) is 33.1 Å². The number of pyridine rings is 2. The highest BCUT2D eigenvalue weighted by Crippen LogP contribution is 2.31. The molecule has 0 unspecified atom stereocenters. The predicted molar refractivity (Wildman–Crippen MR) is 125 cm³/mol. The Labute approximate surface area is 191 Å². The summed E-state index contributed by atoms with van der Waals surface area (Å²) < 4.78 is 20.1. The molecule has 0 aliphatic carbocycles. The number of nitrogens with zero attached hydrogens (tertiary/aromatic N) is 4. The van der Waals surface area contributed by atoms with Crippen LogP contribution in [0.25, 0.3) is 11.4 Å². The summed E-state index contributed by atoms with van der Waals surface area (Å²) >= 11 is 0. The van der Waals surface area contributed by atoms with E-state index in [9.17, 15) is 4.39 Å². The van der Waals surface area contributed by atoms with Gasteiger partial charge in [0, 0.05) is 37.5 Å². The van der Waals surface area contributed by atoms with E-state index in [0.717, 1.165) is 35.5 Å². The van der Waals surface area contributed by atoms with Crippen LogP contribution in [0.5, 0.6) is 0 Å². The van der Waals surface area contributed by atoms with Gasteiger partial charge in [0.2, 0.25) is 5.95 Å². The number of hydrogen-bond acceptors (Lipinski definition) is 7. The summed E-state index contributed by atoms with van der Waals surface area (Å²) in [6.07, 6.45) is 6.78. The van der Waals surface area contributed by atoms with Gasteiger partial charge in [0.05, 0.1) is 11.4 Å². The highest BCUT2D eigenvalue weighted by atomic mass is 19.1. The average molecular weight is 442 g/mol. The van der Waals surface area contributed by atoms with Crippen molar-refractivity contribution in [2.75, 3.05) is 23.8 Å². The van der Waals surface area contributed by atoms with E-state index >= 15 is 0 Å². The lowest BCUT2D eigenvalue weighted by Gasteiger charge is -2.23.